The van der Waals surface area contributed by atoms with Crippen molar-refractivity contribution >= 4 is 21.4 Å². The molecule has 1 spiro atoms. The molecule has 164 valence electrons. The van der Waals surface area contributed by atoms with Crippen LogP contribution in [0.5, 0.6) is 5.88 Å². The maximum Gasteiger partial charge on any atom is 0.248 e. The van der Waals surface area contributed by atoms with Gasteiger partial charge in [0.1, 0.15) is 9.90 Å². The molecule has 0 atom stereocenters. The van der Waals surface area contributed by atoms with Gasteiger partial charge in [-0.15, -0.1) is 11.3 Å². The number of aromatic nitrogens is 2. The van der Waals surface area contributed by atoms with Gasteiger partial charge in [0.05, 0.1) is 13.2 Å². The van der Waals surface area contributed by atoms with Gasteiger partial charge in [-0.2, -0.15) is 4.31 Å². The quantitative estimate of drug-likeness (QED) is 0.696. The van der Waals surface area contributed by atoms with Crippen LogP contribution in [0.1, 0.15) is 38.1 Å². The fourth-order valence-corrected chi connectivity index (χ4v) is 6.47. The average Bonchev–Trinajstić information content (AvgIpc) is 3.23. The minimum absolute atomic E-state index is 0.185. The Bertz CT molecular complexity index is 939. The van der Waals surface area contributed by atoms with E-state index < -0.39 is 10.0 Å². The zero-order valence-electron chi connectivity index (χ0n) is 17.7. The molecule has 4 heterocycles. The van der Waals surface area contributed by atoms with Crippen LogP contribution in [-0.2, 0) is 16.6 Å². The topological polar surface area (TPSA) is 75.6 Å². The number of sulfonamides is 1. The molecule has 0 unspecified atom stereocenters. The van der Waals surface area contributed by atoms with Gasteiger partial charge >= 0.3 is 0 Å². The van der Waals surface area contributed by atoms with Crippen molar-refractivity contribution in [3.8, 4) is 5.88 Å². The van der Waals surface area contributed by atoms with Crippen LogP contribution in [-0.4, -0.2) is 60.4 Å². The van der Waals surface area contributed by atoms with Gasteiger partial charge in [0.15, 0.2) is 0 Å². The summed E-state index contributed by atoms with van der Waals surface area (Å²) in [6, 6.07) is 3.27. The van der Waals surface area contributed by atoms with Gasteiger partial charge in [-0.25, -0.2) is 18.4 Å². The number of fused-ring (bicyclic) bond motifs is 1. The summed E-state index contributed by atoms with van der Waals surface area (Å²) in [7, 11) is -3.64. The van der Waals surface area contributed by atoms with Crippen molar-refractivity contribution in [1.82, 2.24) is 19.2 Å². The van der Waals surface area contributed by atoms with Crippen molar-refractivity contribution in [3.05, 3.63) is 34.9 Å². The highest BCUT2D eigenvalue weighted by atomic mass is 32.2. The number of nitrogens with zero attached hydrogens (tertiary/aromatic N) is 4. The van der Waals surface area contributed by atoms with Crippen molar-refractivity contribution in [3.63, 3.8) is 0 Å². The second-order valence-electron chi connectivity index (χ2n) is 8.82. The number of pyridine rings is 1. The summed E-state index contributed by atoms with van der Waals surface area (Å²) in [6.45, 7) is 8.46. The van der Waals surface area contributed by atoms with Crippen molar-refractivity contribution in [2.45, 2.75) is 44.6 Å². The minimum Gasteiger partial charge on any atom is -0.476 e. The van der Waals surface area contributed by atoms with E-state index in [1.807, 2.05) is 11.6 Å². The van der Waals surface area contributed by atoms with E-state index in [1.54, 1.807) is 34.0 Å². The average molecular weight is 451 g/mol. The Balaban J connectivity index is 1.56. The molecule has 0 amide bonds. The summed E-state index contributed by atoms with van der Waals surface area (Å²) in [4.78, 5) is 11.2. The van der Waals surface area contributed by atoms with Gasteiger partial charge in [0, 0.05) is 36.3 Å². The van der Waals surface area contributed by atoms with E-state index in [0.717, 1.165) is 43.9 Å². The van der Waals surface area contributed by atoms with E-state index in [9.17, 15) is 8.42 Å². The molecule has 0 bridgehead atoms. The van der Waals surface area contributed by atoms with Crippen molar-refractivity contribution in [2.75, 3.05) is 32.8 Å². The maximum atomic E-state index is 13.5. The van der Waals surface area contributed by atoms with Gasteiger partial charge < -0.3 is 4.74 Å². The third-order valence-electron chi connectivity index (χ3n) is 6.10. The highest BCUT2D eigenvalue weighted by molar-refractivity contribution is 7.89. The Morgan fingerprint density at radius 3 is 2.73 bits per heavy atom. The van der Waals surface area contributed by atoms with E-state index >= 15 is 0 Å². The third kappa shape index (κ3) is 4.69. The highest BCUT2D eigenvalue weighted by Crippen LogP contribution is 2.39. The second kappa shape index (κ2) is 8.90. The van der Waals surface area contributed by atoms with Crippen LogP contribution in [0, 0.1) is 11.3 Å². The molecular formula is C21H30N4O3S2. The molecule has 4 rings (SSSR count). The minimum atomic E-state index is -3.64. The standard InChI is InChI=1S/C21H30N4O3S2/c1-17(2)5-10-25-15-21(6-11-24(12-7-21)14-19-22-9-13-29-19)16-28-20-18(30(25,26)27)4-3-8-23-20/h3-4,8-9,13,17H,5-7,10-12,14-16H2,1-2H3. The number of hydrogen-bond acceptors (Lipinski definition) is 7. The summed E-state index contributed by atoms with van der Waals surface area (Å²) in [5, 5.41) is 3.13. The van der Waals surface area contributed by atoms with Gasteiger partial charge in [-0.1, -0.05) is 13.8 Å². The molecule has 30 heavy (non-hydrogen) atoms. The SMILES string of the molecule is CC(C)CCN1CC2(CCN(Cc3nccs3)CC2)COc2ncccc2S1(=O)=O. The summed E-state index contributed by atoms with van der Waals surface area (Å²) in [5.74, 6) is 0.669. The Labute approximate surface area is 183 Å². The lowest BCUT2D eigenvalue weighted by Gasteiger charge is -2.44. The predicted molar refractivity (Wildman–Crippen MR) is 117 cm³/mol. The van der Waals surface area contributed by atoms with E-state index in [0.29, 0.717) is 25.6 Å². The molecular weight excluding hydrogens is 420 g/mol. The Morgan fingerprint density at radius 2 is 2.03 bits per heavy atom. The number of piperidine rings is 1. The number of ether oxygens (including phenoxy) is 1. The van der Waals surface area contributed by atoms with Gasteiger partial charge in [-0.3, -0.25) is 4.90 Å². The molecule has 1 fully saturated rings. The molecule has 0 aromatic carbocycles. The van der Waals surface area contributed by atoms with Crippen molar-refractivity contribution in [2.24, 2.45) is 11.3 Å². The number of likely N-dealkylation sites (tertiary alicyclic amines) is 1. The van der Waals surface area contributed by atoms with Crippen LogP contribution in [0.15, 0.2) is 34.8 Å². The smallest absolute Gasteiger partial charge is 0.248 e. The monoisotopic (exact) mass is 450 g/mol. The fraction of sp³-hybridized carbons (Fsp3) is 0.619. The van der Waals surface area contributed by atoms with Gasteiger partial charge in [-0.05, 0) is 50.4 Å². The lowest BCUT2D eigenvalue weighted by Crippen LogP contribution is -2.51. The zero-order valence-corrected chi connectivity index (χ0v) is 19.3. The number of hydrogen-bond donors (Lipinski definition) is 0. The zero-order chi connectivity index (χ0) is 21.2. The Hall–Kier alpha value is -1.55. The van der Waals surface area contributed by atoms with Crippen LogP contribution in [0.2, 0.25) is 0 Å². The van der Waals surface area contributed by atoms with Crippen LogP contribution in [0.3, 0.4) is 0 Å². The van der Waals surface area contributed by atoms with E-state index in [4.69, 9.17) is 4.74 Å². The first kappa shape index (κ1) is 21.7. The lowest BCUT2D eigenvalue weighted by molar-refractivity contribution is 0.0302. The molecule has 7 nitrogen and oxygen atoms in total. The largest absolute Gasteiger partial charge is 0.476 e. The van der Waals surface area contributed by atoms with Crippen LogP contribution >= 0.6 is 11.3 Å². The number of rotatable bonds is 5. The molecule has 0 N–H and O–H groups in total. The molecule has 2 aliphatic rings. The molecule has 2 aromatic rings. The predicted octanol–water partition coefficient (Wildman–Crippen LogP) is 3.25. The van der Waals surface area contributed by atoms with E-state index in [-0.39, 0.29) is 16.2 Å². The third-order valence-corrected chi connectivity index (χ3v) is 8.72. The molecule has 9 heteroatoms. The molecule has 0 radical (unpaired) electrons. The fourth-order valence-electron chi connectivity index (χ4n) is 4.16. The normalized spacial score (nSPS) is 21.7. The first-order chi connectivity index (χ1) is 14.4. The lowest BCUT2D eigenvalue weighted by atomic mass is 9.78. The summed E-state index contributed by atoms with van der Waals surface area (Å²) in [6.07, 6.45) is 6.07. The van der Waals surface area contributed by atoms with Crippen molar-refractivity contribution in [1.29, 1.82) is 0 Å². The van der Waals surface area contributed by atoms with Crippen LogP contribution < -0.4 is 4.74 Å². The van der Waals surface area contributed by atoms with E-state index in [1.165, 1.54) is 0 Å². The van der Waals surface area contributed by atoms with Crippen LogP contribution in [0.25, 0.3) is 0 Å². The molecule has 2 aliphatic heterocycles. The summed E-state index contributed by atoms with van der Waals surface area (Å²) >= 11 is 1.68. The molecule has 1 saturated heterocycles. The van der Waals surface area contributed by atoms with Crippen molar-refractivity contribution < 1.29 is 13.2 Å². The summed E-state index contributed by atoms with van der Waals surface area (Å²) < 4.78 is 34.7. The van der Waals surface area contributed by atoms with Gasteiger partial charge in [0.25, 0.3) is 0 Å². The van der Waals surface area contributed by atoms with E-state index in [2.05, 4.69) is 28.7 Å². The van der Waals surface area contributed by atoms with Gasteiger partial charge in [0.2, 0.25) is 15.9 Å². The molecule has 2 aromatic heterocycles. The Morgan fingerprint density at radius 1 is 1.23 bits per heavy atom. The molecule has 0 saturated carbocycles. The highest BCUT2D eigenvalue weighted by Gasteiger charge is 2.43. The van der Waals surface area contributed by atoms with Crippen LogP contribution in [0.4, 0.5) is 0 Å². The second-order valence-corrected chi connectivity index (χ2v) is 11.7. The first-order valence-electron chi connectivity index (χ1n) is 10.6. The Kier molecular flexibility index (Phi) is 6.43. The number of thiazole rings is 1. The maximum absolute atomic E-state index is 13.5. The molecule has 0 aliphatic carbocycles. The first-order valence-corrected chi connectivity index (χ1v) is 12.9. The summed E-state index contributed by atoms with van der Waals surface area (Å²) in [5.41, 5.74) is -0.196.